The molecule has 9 heavy (non-hydrogen) atoms. The molecule has 0 aliphatic carbocycles. The Kier molecular flexibility index (Phi) is 2.02. The molecular formula is C5H10O4. The van der Waals surface area contributed by atoms with E-state index >= 15 is 0 Å². The lowest BCUT2D eigenvalue weighted by Gasteiger charge is -2.26. The van der Waals surface area contributed by atoms with Crippen LogP contribution in [0, 0.1) is 0 Å². The van der Waals surface area contributed by atoms with Gasteiger partial charge < -0.3 is 20.1 Å². The van der Waals surface area contributed by atoms with E-state index in [1.807, 2.05) is 0 Å². The Bertz CT molecular complexity index is 95.0. The quantitative estimate of drug-likeness (QED) is 0.375. The summed E-state index contributed by atoms with van der Waals surface area (Å²) in [4.78, 5) is 0. The lowest BCUT2D eigenvalue weighted by molar-refractivity contribution is -0.211. The molecule has 54 valence electrons. The molecule has 0 bridgehead atoms. The molecule has 1 heterocycles. The number of ether oxygens (including phenoxy) is 1. The molecule has 0 spiro atoms. The molecule has 1 saturated heterocycles. The van der Waals surface area contributed by atoms with E-state index in [-0.39, 0.29) is 13.0 Å². The van der Waals surface area contributed by atoms with Crippen molar-refractivity contribution >= 4 is 0 Å². The maximum absolute atomic E-state index is 8.81. The van der Waals surface area contributed by atoms with Crippen LogP contribution >= 0.6 is 0 Å². The summed E-state index contributed by atoms with van der Waals surface area (Å²) in [5, 5.41) is 26.3. The summed E-state index contributed by atoms with van der Waals surface area (Å²) in [6, 6.07) is 0. The van der Waals surface area contributed by atoms with E-state index in [2.05, 4.69) is 4.74 Å². The van der Waals surface area contributed by atoms with Gasteiger partial charge in [0.25, 0.3) is 0 Å². The zero-order chi connectivity index (χ0) is 6.85. The van der Waals surface area contributed by atoms with Crippen molar-refractivity contribution in [3.63, 3.8) is 0 Å². The summed E-state index contributed by atoms with van der Waals surface area (Å²) in [6.07, 6.45) is -2.49. The smallest absolute Gasteiger partial charge is 0.181 e. The Morgan fingerprint density at radius 3 is 2.33 bits per heavy atom. The van der Waals surface area contributed by atoms with Gasteiger partial charge in [-0.05, 0) is 0 Å². The van der Waals surface area contributed by atoms with Crippen LogP contribution in [0.1, 0.15) is 6.42 Å². The van der Waals surface area contributed by atoms with Gasteiger partial charge in [0.1, 0.15) is 6.10 Å². The van der Waals surface area contributed by atoms with Gasteiger partial charge >= 0.3 is 0 Å². The number of aliphatic hydroxyl groups excluding tert-OH is 3. The van der Waals surface area contributed by atoms with Gasteiger partial charge in [-0.2, -0.15) is 0 Å². The van der Waals surface area contributed by atoms with E-state index in [1.165, 1.54) is 0 Å². The molecule has 1 aliphatic rings. The molecule has 1 fully saturated rings. The Hall–Kier alpha value is -0.160. The van der Waals surface area contributed by atoms with Crippen molar-refractivity contribution in [2.45, 2.75) is 24.9 Å². The fourth-order valence-electron chi connectivity index (χ4n) is 0.784. The molecule has 1 rings (SSSR count). The molecule has 0 saturated carbocycles. The number of hydrogen-bond donors (Lipinski definition) is 3. The minimum atomic E-state index is -1.12. The van der Waals surface area contributed by atoms with Crippen LogP contribution in [0.3, 0.4) is 0 Å². The second-order valence-electron chi connectivity index (χ2n) is 2.18. The fraction of sp³-hybridized carbons (Fsp3) is 1.00. The largest absolute Gasteiger partial charge is 0.391 e. The van der Waals surface area contributed by atoms with Crippen LogP contribution in [0.15, 0.2) is 0 Å². The normalized spacial score (nSPS) is 45.0. The van der Waals surface area contributed by atoms with Crippen LogP contribution in [0.4, 0.5) is 0 Å². The topological polar surface area (TPSA) is 69.9 Å². The van der Waals surface area contributed by atoms with E-state index in [9.17, 15) is 0 Å². The molecule has 3 N–H and O–H groups in total. The second-order valence-corrected chi connectivity index (χ2v) is 2.18. The van der Waals surface area contributed by atoms with Gasteiger partial charge in [-0.25, -0.2) is 0 Å². The average Bonchev–Trinajstić information content (AvgIpc) is 1.80. The predicted molar refractivity (Wildman–Crippen MR) is 28.6 cm³/mol. The molecule has 4 nitrogen and oxygen atoms in total. The van der Waals surface area contributed by atoms with Crippen LogP contribution < -0.4 is 0 Å². The van der Waals surface area contributed by atoms with Gasteiger partial charge in [-0.3, -0.25) is 0 Å². The number of rotatable bonds is 0. The maximum atomic E-state index is 8.81. The van der Waals surface area contributed by atoms with Gasteiger partial charge in [0, 0.05) is 6.42 Å². The number of hydrogen-bond acceptors (Lipinski definition) is 4. The third-order valence-corrected chi connectivity index (χ3v) is 1.30. The molecule has 4 heteroatoms. The lowest BCUT2D eigenvalue weighted by Crippen LogP contribution is -2.40. The summed E-state index contributed by atoms with van der Waals surface area (Å²) in [5.74, 6) is 0. The van der Waals surface area contributed by atoms with E-state index in [0.717, 1.165) is 0 Å². The molecule has 0 aromatic heterocycles. The highest BCUT2D eigenvalue weighted by atomic mass is 16.6. The van der Waals surface area contributed by atoms with Crippen molar-refractivity contribution in [2.24, 2.45) is 0 Å². The molecule has 0 radical (unpaired) electrons. The first-order valence-corrected chi connectivity index (χ1v) is 2.86. The summed E-state index contributed by atoms with van der Waals surface area (Å²) < 4.78 is 4.56. The van der Waals surface area contributed by atoms with Crippen LogP contribution in [-0.4, -0.2) is 40.4 Å². The maximum Gasteiger partial charge on any atom is 0.181 e. The first-order chi connectivity index (χ1) is 4.20. The molecular weight excluding hydrogens is 124 g/mol. The molecule has 3 atom stereocenters. The van der Waals surface area contributed by atoms with Crippen molar-refractivity contribution in [1.29, 1.82) is 0 Å². The summed E-state index contributed by atoms with van der Waals surface area (Å²) >= 11 is 0. The zero-order valence-corrected chi connectivity index (χ0v) is 4.90. The molecule has 0 amide bonds. The van der Waals surface area contributed by atoms with Gasteiger partial charge in [0.2, 0.25) is 0 Å². The Labute approximate surface area is 52.7 Å². The highest BCUT2D eigenvalue weighted by Gasteiger charge is 2.26. The highest BCUT2D eigenvalue weighted by Crippen LogP contribution is 2.11. The van der Waals surface area contributed by atoms with E-state index in [4.69, 9.17) is 15.3 Å². The lowest BCUT2D eigenvalue weighted by atomic mass is 10.1. The van der Waals surface area contributed by atoms with Gasteiger partial charge in [0.05, 0.1) is 12.7 Å². The van der Waals surface area contributed by atoms with Crippen LogP contribution in [0.25, 0.3) is 0 Å². The molecule has 1 aliphatic heterocycles. The van der Waals surface area contributed by atoms with E-state index in [1.54, 1.807) is 0 Å². The Morgan fingerprint density at radius 2 is 1.89 bits per heavy atom. The minimum Gasteiger partial charge on any atom is -0.391 e. The van der Waals surface area contributed by atoms with Crippen molar-refractivity contribution in [2.75, 3.05) is 6.61 Å². The summed E-state index contributed by atoms with van der Waals surface area (Å²) in [5.41, 5.74) is 0. The standard InChI is InChI=1S/C5H10O4/c6-3-1-4(7)5(8)9-2-3/h3-8H,1-2H2/t3-,4?,5-/m1/s1. The van der Waals surface area contributed by atoms with Gasteiger partial charge in [-0.1, -0.05) is 0 Å². The third-order valence-electron chi connectivity index (χ3n) is 1.30. The van der Waals surface area contributed by atoms with E-state index < -0.39 is 18.5 Å². The molecule has 1 unspecified atom stereocenters. The molecule has 0 aromatic carbocycles. The third kappa shape index (κ3) is 1.62. The highest BCUT2D eigenvalue weighted by molar-refractivity contribution is 4.70. The van der Waals surface area contributed by atoms with Crippen LogP contribution in [0.5, 0.6) is 0 Å². The number of aliphatic hydroxyl groups is 3. The van der Waals surface area contributed by atoms with Gasteiger partial charge in [0.15, 0.2) is 6.29 Å². The minimum absolute atomic E-state index is 0.109. The van der Waals surface area contributed by atoms with Gasteiger partial charge in [-0.15, -0.1) is 0 Å². The van der Waals surface area contributed by atoms with Crippen LogP contribution in [-0.2, 0) is 4.74 Å². The van der Waals surface area contributed by atoms with Crippen molar-refractivity contribution in [1.82, 2.24) is 0 Å². The Morgan fingerprint density at radius 1 is 1.22 bits per heavy atom. The molecule has 0 aromatic rings. The zero-order valence-electron chi connectivity index (χ0n) is 4.90. The monoisotopic (exact) mass is 134 g/mol. The van der Waals surface area contributed by atoms with Crippen molar-refractivity contribution in [3.05, 3.63) is 0 Å². The van der Waals surface area contributed by atoms with Crippen molar-refractivity contribution < 1.29 is 20.1 Å². The summed E-state index contributed by atoms with van der Waals surface area (Å²) in [6.45, 7) is 0.109. The average molecular weight is 134 g/mol. The second kappa shape index (κ2) is 2.62. The SMILES string of the molecule is OC1C[C@@H](O)CO[C@H]1O. The summed E-state index contributed by atoms with van der Waals surface area (Å²) in [7, 11) is 0. The van der Waals surface area contributed by atoms with Crippen LogP contribution in [0.2, 0.25) is 0 Å². The Balaban J connectivity index is 2.35. The first kappa shape index (κ1) is 6.95. The predicted octanol–water partition coefficient (Wildman–Crippen LogP) is -1.55. The van der Waals surface area contributed by atoms with E-state index in [0.29, 0.717) is 0 Å². The van der Waals surface area contributed by atoms with Crippen molar-refractivity contribution in [3.8, 4) is 0 Å². The fourth-order valence-corrected chi connectivity index (χ4v) is 0.784. The first-order valence-electron chi connectivity index (χ1n) is 2.86.